The van der Waals surface area contributed by atoms with Crippen molar-refractivity contribution in [2.45, 2.75) is 0 Å². The van der Waals surface area contributed by atoms with Crippen LogP contribution in [-0.2, 0) is 0 Å². The fraction of sp³-hybridized carbons (Fsp3) is 0. The average Bonchev–Trinajstić information content (AvgIpc) is 2.42. The standard InChI is InChI=1S/C13H7FN2O2/c14-11-5-9(6-15)1-3-12(11)18-13-4-2-10(8-17)7-16-13/h1-5,7-8H. The Morgan fingerprint density at radius 2 is 2.17 bits per heavy atom. The first-order valence-corrected chi connectivity index (χ1v) is 5.01. The van der Waals surface area contributed by atoms with E-state index >= 15 is 0 Å². The molecule has 4 nitrogen and oxygen atoms in total. The van der Waals surface area contributed by atoms with E-state index in [9.17, 15) is 9.18 Å². The second-order valence-corrected chi connectivity index (χ2v) is 3.41. The Balaban J connectivity index is 2.23. The molecule has 2 aromatic rings. The highest BCUT2D eigenvalue weighted by Crippen LogP contribution is 2.23. The number of aldehydes is 1. The molecule has 0 atom stereocenters. The third-order valence-corrected chi connectivity index (χ3v) is 2.17. The molecule has 1 aromatic carbocycles. The summed E-state index contributed by atoms with van der Waals surface area (Å²) < 4.78 is 18.7. The minimum atomic E-state index is -0.643. The van der Waals surface area contributed by atoms with E-state index in [0.29, 0.717) is 11.8 Å². The van der Waals surface area contributed by atoms with Gasteiger partial charge in [0, 0.05) is 17.8 Å². The first kappa shape index (κ1) is 11.7. The third-order valence-electron chi connectivity index (χ3n) is 2.17. The van der Waals surface area contributed by atoms with Gasteiger partial charge in [0.05, 0.1) is 11.6 Å². The number of ether oxygens (including phenoxy) is 1. The van der Waals surface area contributed by atoms with Crippen molar-refractivity contribution in [3.05, 3.63) is 53.5 Å². The fourth-order valence-corrected chi connectivity index (χ4v) is 1.29. The van der Waals surface area contributed by atoms with E-state index < -0.39 is 5.82 Å². The molecule has 1 heterocycles. The Hall–Kier alpha value is -2.74. The second kappa shape index (κ2) is 5.06. The summed E-state index contributed by atoms with van der Waals surface area (Å²) in [5.41, 5.74) is 0.617. The zero-order valence-corrected chi connectivity index (χ0v) is 9.13. The topological polar surface area (TPSA) is 63.0 Å². The number of aromatic nitrogens is 1. The molecule has 0 aliphatic heterocycles. The maximum atomic E-state index is 13.5. The Labute approximate surface area is 102 Å². The largest absolute Gasteiger partial charge is 0.436 e. The van der Waals surface area contributed by atoms with Gasteiger partial charge in [-0.15, -0.1) is 0 Å². The number of nitrogens with zero attached hydrogens (tertiary/aromatic N) is 2. The average molecular weight is 242 g/mol. The molecule has 0 unspecified atom stereocenters. The van der Waals surface area contributed by atoms with E-state index in [0.717, 1.165) is 6.07 Å². The number of pyridine rings is 1. The van der Waals surface area contributed by atoms with Gasteiger partial charge in [-0.2, -0.15) is 5.26 Å². The van der Waals surface area contributed by atoms with Crippen molar-refractivity contribution in [1.29, 1.82) is 5.26 Å². The van der Waals surface area contributed by atoms with Crippen molar-refractivity contribution >= 4 is 6.29 Å². The van der Waals surface area contributed by atoms with Gasteiger partial charge in [-0.25, -0.2) is 9.37 Å². The lowest BCUT2D eigenvalue weighted by Gasteiger charge is -2.05. The highest BCUT2D eigenvalue weighted by Gasteiger charge is 2.06. The number of carbonyl (C=O) groups excluding carboxylic acids is 1. The van der Waals surface area contributed by atoms with E-state index in [1.807, 2.05) is 6.07 Å². The van der Waals surface area contributed by atoms with E-state index in [2.05, 4.69) is 4.98 Å². The highest BCUT2D eigenvalue weighted by molar-refractivity contribution is 5.74. The van der Waals surface area contributed by atoms with Gasteiger partial charge in [0.25, 0.3) is 0 Å². The summed E-state index contributed by atoms with van der Waals surface area (Å²) in [6.45, 7) is 0. The SMILES string of the molecule is N#Cc1ccc(Oc2ccc(C=O)cn2)c(F)c1. The van der Waals surface area contributed by atoms with Crippen molar-refractivity contribution in [1.82, 2.24) is 4.98 Å². The third kappa shape index (κ3) is 2.50. The first-order valence-electron chi connectivity index (χ1n) is 5.01. The molecule has 0 aliphatic rings. The zero-order valence-electron chi connectivity index (χ0n) is 9.13. The number of rotatable bonds is 3. The molecule has 0 spiro atoms. The van der Waals surface area contributed by atoms with Gasteiger partial charge in [-0.1, -0.05) is 0 Å². The summed E-state index contributed by atoms with van der Waals surface area (Å²) in [6.07, 6.45) is 1.98. The van der Waals surface area contributed by atoms with Crippen LogP contribution in [0, 0.1) is 17.1 Å². The molecule has 88 valence electrons. The van der Waals surface area contributed by atoms with Crippen LogP contribution in [0.15, 0.2) is 36.5 Å². The van der Waals surface area contributed by atoms with Crippen molar-refractivity contribution in [2.24, 2.45) is 0 Å². The van der Waals surface area contributed by atoms with Gasteiger partial charge in [0.1, 0.15) is 0 Å². The van der Waals surface area contributed by atoms with Crippen LogP contribution >= 0.6 is 0 Å². The highest BCUT2D eigenvalue weighted by atomic mass is 19.1. The van der Waals surface area contributed by atoms with Crippen LogP contribution in [0.25, 0.3) is 0 Å². The minimum absolute atomic E-state index is 0.0275. The Morgan fingerprint density at radius 3 is 2.72 bits per heavy atom. The summed E-state index contributed by atoms with van der Waals surface area (Å²) in [5, 5.41) is 8.60. The number of hydrogen-bond donors (Lipinski definition) is 0. The quantitative estimate of drug-likeness (QED) is 0.776. The monoisotopic (exact) mass is 242 g/mol. The van der Waals surface area contributed by atoms with Gasteiger partial charge in [-0.3, -0.25) is 4.79 Å². The molecule has 18 heavy (non-hydrogen) atoms. The summed E-state index contributed by atoms with van der Waals surface area (Å²) in [5.74, 6) is -0.500. The predicted molar refractivity (Wildman–Crippen MR) is 60.8 cm³/mol. The Bertz CT molecular complexity index is 618. The fourth-order valence-electron chi connectivity index (χ4n) is 1.29. The molecule has 0 bridgehead atoms. The Kier molecular flexibility index (Phi) is 3.30. The molecule has 0 N–H and O–H groups in total. The van der Waals surface area contributed by atoms with Crippen LogP contribution in [0.1, 0.15) is 15.9 Å². The van der Waals surface area contributed by atoms with Gasteiger partial charge >= 0.3 is 0 Å². The van der Waals surface area contributed by atoms with E-state index in [1.54, 1.807) is 0 Å². The number of nitriles is 1. The summed E-state index contributed by atoms with van der Waals surface area (Å²) in [6, 6.07) is 8.67. The lowest BCUT2D eigenvalue weighted by atomic mass is 10.2. The van der Waals surface area contributed by atoms with Crippen molar-refractivity contribution in [3.8, 4) is 17.7 Å². The van der Waals surface area contributed by atoms with Gasteiger partial charge < -0.3 is 4.74 Å². The maximum Gasteiger partial charge on any atom is 0.219 e. The van der Waals surface area contributed by atoms with Gasteiger partial charge in [0.2, 0.25) is 5.88 Å². The molecule has 0 saturated carbocycles. The molecule has 0 saturated heterocycles. The Morgan fingerprint density at radius 1 is 1.33 bits per heavy atom. The number of hydrogen-bond acceptors (Lipinski definition) is 4. The lowest BCUT2D eigenvalue weighted by molar-refractivity contribution is 0.112. The summed E-state index contributed by atoms with van der Waals surface area (Å²) in [4.78, 5) is 14.3. The van der Waals surface area contributed by atoms with Gasteiger partial charge in [-0.05, 0) is 24.3 Å². The van der Waals surface area contributed by atoms with Crippen LogP contribution in [0.2, 0.25) is 0 Å². The molecule has 1 aromatic heterocycles. The molecule has 5 heteroatoms. The van der Waals surface area contributed by atoms with Crippen LogP contribution < -0.4 is 4.74 Å². The van der Waals surface area contributed by atoms with Crippen molar-refractivity contribution < 1.29 is 13.9 Å². The second-order valence-electron chi connectivity index (χ2n) is 3.41. The zero-order chi connectivity index (χ0) is 13.0. The molecule has 2 rings (SSSR count). The van der Waals surface area contributed by atoms with Gasteiger partial charge in [0.15, 0.2) is 17.9 Å². The minimum Gasteiger partial charge on any atom is -0.436 e. The van der Waals surface area contributed by atoms with Crippen molar-refractivity contribution in [2.75, 3.05) is 0 Å². The molecular formula is C13H7FN2O2. The number of benzene rings is 1. The van der Waals surface area contributed by atoms with Crippen LogP contribution in [0.4, 0.5) is 4.39 Å². The first-order chi connectivity index (χ1) is 8.72. The molecular weight excluding hydrogens is 235 g/mol. The lowest BCUT2D eigenvalue weighted by Crippen LogP contribution is -1.92. The molecule has 0 aliphatic carbocycles. The number of halogens is 1. The molecule has 0 radical (unpaired) electrons. The van der Waals surface area contributed by atoms with Crippen LogP contribution in [-0.4, -0.2) is 11.3 Å². The summed E-state index contributed by atoms with van der Waals surface area (Å²) >= 11 is 0. The molecule has 0 amide bonds. The van der Waals surface area contributed by atoms with E-state index in [4.69, 9.17) is 10.00 Å². The van der Waals surface area contributed by atoms with Crippen LogP contribution in [0.3, 0.4) is 0 Å². The smallest absolute Gasteiger partial charge is 0.219 e. The van der Waals surface area contributed by atoms with Crippen LogP contribution in [0.5, 0.6) is 11.6 Å². The normalized spacial score (nSPS) is 9.56. The summed E-state index contributed by atoms with van der Waals surface area (Å²) in [7, 11) is 0. The predicted octanol–water partition coefficient (Wildman–Crippen LogP) is 2.70. The van der Waals surface area contributed by atoms with Crippen molar-refractivity contribution in [3.63, 3.8) is 0 Å². The van der Waals surface area contributed by atoms with E-state index in [1.165, 1.54) is 30.5 Å². The van der Waals surface area contributed by atoms with E-state index in [-0.39, 0.29) is 17.2 Å². The molecule has 0 fully saturated rings. The number of carbonyl (C=O) groups is 1. The maximum absolute atomic E-state index is 13.5.